The van der Waals surface area contributed by atoms with Crippen molar-refractivity contribution in [1.82, 2.24) is 0 Å². The topological polar surface area (TPSA) is 37.3 Å². The van der Waals surface area contributed by atoms with Gasteiger partial charge in [-0.25, -0.2) is 4.79 Å². The zero-order valence-electron chi connectivity index (χ0n) is 15.1. The zero-order chi connectivity index (χ0) is 17.5. The van der Waals surface area contributed by atoms with Gasteiger partial charge in [0.2, 0.25) is 0 Å². The fourth-order valence-electron chi connectivity index (χ4n) is 3.07. The van der Waals surface area contributed by atoms with Crippen LogP contribution in [0.25, 0.3) is 0 Å². The van der Waals surface area contributed by atoms with E-state index in [2.05, 4.69) is 39.8 Å². The quantitative estimate of drug-likeness (QED) is 0.483. The summed E-state index contributed by atoms with van der Waals surface area (Å²) in [5, 5.41) is 8.68. The van der Waals surface area contributed by atoms with Crippen LogP contribution in [0.3, 0.4) is 0 Å². The van der Waals surface area contributed by atoms with Crippen LogP contribution in [0, 0.1) is 5.41 Å². The molecule has 126 valence electrons. The lowest BCUT2D eigenvalue weighted by molar-refractivity contribution is -0.131. The first kappa shape index (κ1) is 19.2. The van der Waals surface area contributed by atoms with Crippen molar-refractivity contribution in [1.29, 1.82) is 0 Å². The normalized spacial score (nSPS) is 19.9. The van der Waals surface area contributed by atoms with Gasteiger partial charge >= 0.3 is 5.97 Å². The third-order valence-electron chi connectivity index (χ3n) is 4.40. The number of carboxylic acid groups (broad SMARTS) is 1. The number of rotatable bonds is 6. The van der Waals surface area contributed by atoms with E-state index in [4.69, 9.17) is 5.11 Å². The molecule has 1 aliphatic rings. The maximum atomic E-state index is 10.6. The lowest BCUT2D eigenvalue weighted by Gasteiger charge is -2.33. The highest BCUT2D eigenvalue weighted by atomic mass is 16.4. The molecule has 0 aromatic heterocycles. The first-order valence-corrected chi connectivity index (χ1v) is 8.43. The lowest BCUT2D eigenvalue weighted by atomic mass is 9.71. The number of carbonyl (C=O) groups is 1. The molecule has 0 saturated heterocycles. The Balaban J connectivity index is 2.86. The number of hydrogen-bond donors (Lipinski definition) is 1. The molecule has 0 saturated carbocycles. The fraction of sp³-hybridized carbons (Fsp3) is 0.476. The molecule has 0 aromatic carbocycles. The van der Waals surface area contributed by atoms with Gasteiger partial charge in [-0.2, -0.15) is 0 Å². The van der Waals surface area contributed by atoms with Crippen LogP contribution in [0.2, 0.25) is 0 Å². The molecule has 0 spiro atoms. The highest BCUT2D eigenvalue weighted by molar-refractivity contribution is 5.81. The van der Waals surface area contributed by atoms with Gasteiger partial charge in [-0.15, -0.1) is 0 Å². The second-order valence-corrected chi connectivity index (χ2v) is 6.94. The van der Waals surface area contributed by atoms with Gasteiger partial charge in [0.15, 0.2) is 0 Å². The van der Waals surface area contributed by atoms with Crippen LogP contribution in [0.5, 0.6) is 0 Å². The highest BCUT2D eigenvalue weighted by Crippen LogP contribution is 2.41. The molecule has 0 atom stereocenters. The Labute approximate surface area is 141 Å². The molecule has 23 heavy (non-hydrogen) atoms. The summed E-state index contributed by atoms with van der Waals surface area (Å²) >= 11 is 0. The second-order valence-electron chi connectivity index (χ2n) is 6.94. The molecule has 0 bridgehead atoms. The Bertz CT molecular complexity index is 581. The Morgan fingerprint density at radius 2 is 1.91 bits per heavy atom. The van der Waals surface area contributed by atoms with Crippen molar-refractivity contribution < 1.29 is 9.90 Å². The predicted molar refractivity (Wildman–Crippen MR) is 98.4 cm³/mol. The van der Waals surface area contributed by atoms with E-state index in [0.717, 1.165) is 17.6 Å². The largest absolute Gasteiger partial charge is 0.478 e. The second kappa shape index (κ2) is 8.71. The van der Waals surface area contributed by atoms with E-state index < -0.39 is 5.97 Å². The van der Waals surface area contributed by atoms with Crippen molar-refractivity contribution in [2.24, 2.45) is 5.41 Å². The minimum Gasteiger partial charge on any atom is -0.478 e. The van der Waals surface area contributed by atoms with E-state index in [0.29, 0.717) is 0 Å². The van der Waals surface area contributed by atoms with E-state index in [1.54, 1.807) is 12.5 Å². The molecule has 0 aliphatic heterocycles. The van der Waals surface area contributed by atoms with Crippen LogP contribution in [0.4, 0.5) is 0 Å². The highest BCUT2D eigenvalue weighted by Gasteiger charge is 2.27. The van der Waals surface area contributed by atoms with Gasteiger partial charge in [-0.1, -0.05) is 62.3 Å². The van der Waals surface area contributed by atoms with Gasteiger partial charge in [-0.3, -0.25) is 0 Å². The zero-order valence-corrected chi connectivity index (χ0v) is 15.1. The van der Waals surface area contributed by atoms with Gasteiger partial charge in [0.1, 0.15) is 0 Å². The SMILES string of the molecule is CCC1=C(C=CC(C)=CC=C/C(C)=C/C(=O)O)C(C)(C)CCC1. The Kier molecular flexibility index (Phi) is 7.28. The monoisotopic (exact) mass is 314 g/mol. The summed E-state index contributed by atoms with van der Waals surface area (Å²) in [6.07, 6.45) is 16.3. The van der Waals surface area contributed by atoms with Crippen LogP contribution in [-0.2, 0) is 4.79 Å². The molecule has 0 radical (unpaired) electrons. The van der Waals surface area contributed by atoms with Gasteiger partial charge < -0.3 is 5.11 Å². The molecule has 2 heteroatoms. The molecule has 0 heterocycles. The van der Waals surface area contributed by atoms with Gasteiger partial charge in [-0.05, 0) is 56.1 Å². The van der Waals surface area contributed by atoms with Crippen LogP contribution in [-0.4, -0.2) is 11.1 Å². The van der Waals surface area contributed by atoms with E-state index >= 15 is 0 Å². The molecule has 1 aliphatic carbocycles. The minimum absolute atomic E-state index is 0.261. The minimum atomic E-state index is -0.911. The molecule has 0 fully saturated rings. The molecule has 0 amide bonds. The van der Waals surface area contributed by atoms with Crippen molar-refractivity contribution in [3.8, 4) is 0 Å². The van der Waals surface area contributed by atoms with Gasteiger partial charge in [0.25, 0.3) is 0 Å². The molecular weight excluding hydrogens is 284 g/mol. The summed E-state index contributed by atoms with van der Waals surface area (Å²) in [7, 11) is 0. The predicted octanol–water partition coefficient (Wildman–Crippen LogP) is 5.99. The molecule has 1 rings (SSSR count). The Morgan fingerprint density at radius 3 is 2.52 bits per heavy atom. The summed E-state index contributed by atoms with van der Waals surface area (Å²) in [5.74, 6) is -0.911. The standard InChI is InChI=1S/C21H30O2/c1-6-18-11-8-14-21(4,5)19(18)13-12-16(2)9-7-10-17(3)15-20(22)23/h7,9-10,12-13,15H,6,8,11,14H2,1-5H3,(H,22,23)/b10-7?,13-12?,16-9?,17-15+. The lowest BCUT2D eigenvalue weighted by Crippen LogP contribution is -2.19. The van der Waals surface area contributed by atoms with E-state index in [9.17, 15) is 4.79 Å². The van der Waals surface area contributed by atoms with Gasteiger partial charge in [0.05, 0.1) is 0 Å². The third-order valence-corrected chi connectivity index (χ3v) is 4.40. The van der Waals surface area contributed by atoms with Crippen molar-refractivity contribution in [3.05, 3.63) is 58.7 Å². The first-order valence-electron chi connectivity index (χ1n) is 8.43. The Morgan fingerprint density at radius 1 is 1.22 bits per heavy atom. The average Bonchev–Trinajstić information content (AvgIpc) is 2.44. The first-order chi connectivity index (χ1) is 10.8. The smallest absolute Gasteiger partial charge is 0.328 e. The van der Waals surface area contributed by atoms with Crippen molar-refractivity contribution in [2.75, 3.05) is 0 Å². The van der Waals surface area contributed by atoms with E-state index in [-0.39, 0.29) is 5.41 Å². The molecule has 0 aromatic rings. The summed E-state index contributed by atoms with van der Waals surface area (Å²) in [6.45, 7) is 10.8. The molecular formula is C21H30O2. The Hall–Kier alpha value is -1.83. The maximum absolute atomic E-state index is 10.6. The number of allylic oxidation sites excluding steroid dienone is 9. The molecule has 2 nitrogen and oxygen atoms in total. The fourth-order valence-corrected chi connectivity index (χ4v) is 3.07. The summed E-state index contributed by atoms with van der Waals surface area (Å²) < 4.78 is 0. The van der Waals surface area contributed by atoms with Crippen molar-refractivity contribution >= 4 is 5.97 Å². The average molecular weight is 314 g/mol. The van der Waals surface area contributed by atoms with Gasteiger partial charge in [0, 0.05) is 6.08 Å². The third kappa shape index (κ3) is 6.43. The van der Waals surface area contributed by atoms with Crippen molar-refractivity contribution in [3.63, 3.8) is 0 Å². The molecule has 0 unspecified atom stereocenters. The van der Waals surface area contributed by atoms with Crippen LogP contribution < -0.4 is 0 Å². The number of hydrogen-bond acceptors (Lipinski definition) is 1. The summed E-state index contributed by atoms with van der Waals surface area (Å²) in [5.41, 5.74) is 5.23. The van der Waals surface area contributed by atoms with Crippen LogP contribution >= 0.6 is 0 Å². The van der Waals surface area contributed by atoms with Crippen LogP contribution in [0.15, 0.2) is 58.7 Å². The summed E-state index contributed by atoms with van der Waals surface area (Å²) in [6, 6.07) is 0. The summed E-state index contributed by atoms with van der Waals surface area (Å²) in [4.78, 5) is 10.6. The maximum Gasteiger partial charge on any atom is 0.328 e. The number of carboxylic acids is 1. The van der Waals surface area contributed by atoms with E-state index in [1.807, 2.05) is 18.2 Å². The van der Waals surface area contributed by atoms with Crippen molar-refractivity contribution in [2.45, 2.75) is 60.3 Å². The van der Waals surface area contributed by atoms with Crippen LogP contribution in [0.1, 0.15) is 60.3 Å². The molecule has 1 N–H and O–H groups in total. The number of aliphatic carboxylic acids is 1. The van der Waals surface area contributed by atoms with E-state index in [1.165, 1.54) is 30.9 Å².